The number of amides is 1. The summed E-state index contributed by atoms with van der Waals surface area (Å²) in [6.45, 7) is 4.27. The van der Waals surface area contributed by atoms with E-state index >= 15 is 4.39 Å². The zero-order valence-corrected chi connectivity index (χ0v) is 25.6. The topological polar surface area (TPSA) is 109 Å². The molecule has 0 spiro atoms. The highest BCUT2D eigenvalue weighted by Crippen LogP contribution is 2.38. The Bertz CT molecular complexity index is 1890. The number of carbonyl (C=O) groups excluding carboxylic acids is 1. The van der Waals surface area contributed by atoms with Crippen molar-refractivity contribution in [2.75, 3.05) is 39.2 Å². The van der Waals surface area contributed by atoms with Crippen molar-refractivity contribution in [1.82, 2.24) is 20.1 Å². The summed E-state index contributed by atoms with van der Waals surface area (Å²) in [4.78, 5) is 17.6. The summed E-state index contributed by atoms with van der Waals surface area (Å²) in [5.74, 6) is 0.381. The summed E-state index contributed by atoms with van der Waals surface area (Å²) in [7, 11) is 2.97. The maximum atomic E-state index is 15.3. The van der Waals surface area contributed by atoms with E-state index in [-0.39, 0.29) is 28.7 Å². The molecular weight excluding hydrogens is 596 g/mol. The molecule has 1 aliphatic rings. The van der Waals surface area contributed by atoms with Crippen LogP contribution in [0, 0.1) is 24.5 Å². The summed E-state index contributed by atoms with van der Waals surface area (Å²) >= 11 is 0. The lowest BCUT2D eigenvalue weighted by atomic mass is 9.99. The monoisotopic (exact) mass is 629 g/mol. The second-order valence-electron chi connectivity index (χ2n) is 11.0. The first-order valence-corrected chi connectivity index (χ1v) is 14.8. The van der Waals surface area contributed by atoms with Crippen molar-refractivity contribution >= 4 is 22.5 Å². The fraction of sp³-hybridized carbons (Fsp3) is 0.265. The van der Waals surface area contributed by atoms with Gasteiger partial charge in [-0.2, -0.15) is 5.10 Å². The van der Waals surface area contributed by atoms with Gasteiger partial charge in [-0.15, -0.1) is 0 Å². The third-order valence-electron chi connectivity index (χ3n) is 7.85. The quantitative estimate of drug-likeness (QED) is 0.182. The van der Waals surface area contributed by atoms with Crippen LogP contribution in [0.3, 0.4) is 0 Å². The predicted octanol–water partition coefficient (Wildman–Crippen LogP) is 6.45. The highest BCUT2D eigenvalue weighted by molar-refractivity contribution is 6.04. The molecule has 10 nitrogen and oxygen atoms in total. The molecule has 2 aromatic heterocycles. The van der Waals surface area contributed by atoms with E-state index in [9.17, 15) is 9.18 Å². The zero-order chi connectivity index (χ0) is 32.2. The third-order valence-corrected chi connectivity index (χ3v) is 7.85. The number of aromatic nitrogens is 3. The van der Waals surface area contributed by atoms with Crippen LogP contribution in [0.4, 0.5) is 14.5 Å². The first kappa shape index (κ1) is 30.8. The normalized spacial score (nSPS) is 13.4. The van der Waals surface area contributed by atoms with Crippen LogP contribution in [0.15, 0.2) is 67.0 Å². The Labute approximate surface area is 264 Å². The molecule has 5 aromatic rings. The first-order chi connectivity index (χ1) is 22.3. The maximum Gasteiger partial charge on any atom is 0.280 e. The van der Waals surface area contributed by atoms with Gasteiger partial charge in [0.05, 0.1) is 38.2 Å². The highest BCUT2D eigenvalue weighted by atomic mass is 19.1. The van der Waals surface area contributed by atoms with Crippen molar-refractivity contribution in [3.8, 4) is 34.4 Å². The Hall–Kier alpha value is -5.23. The second kappa shape index (κ2) is 13.4. The molecule has 12 heteroatoms. The second-order valence-corrected chi connectivity index (χ2v) is 11.0. The highest BCUT2D eigenvalue weighted by Gasteiger charge is 2.21. The molecule has 1 amide bonds. The summed E-state index contributed by atoms with van der Waals surface area (Å²) in [5.41, 5.74) is 1.96. The number of ether oxygens (including phenoxy) is 4. The van der Waals surface area contributed by atoms with Crippen molar-refractivity contribution < 1.29 is 32.5 Å². The largest absolute Gasteiger partial charge is 0.493 e. The SMILES string of the molecule is COc1cc2c(Oc3ccc(NC(=O)c4nn(-c5ccc(F)cc5C)cc4OC)cc3F)ccnc2cc1OCC1CCNCC1. The Morgan fingerprint density at radius 3 is 2.50 bits per heavy atom. The van der Waals surface area contributed by atoms with Crippen molar-refractivity contribution in [2.24, 2.45) is 5.92 Å². The van der Waals surface area contributed by atoms with Gasteiger partial charge in [0.1, 0.15) is 11.6 Å². The van der Waals surface area contributed by atoms with Gasteiger partial charge in [0.15, 0.2) is 34.5 Å². The average Bonchev–Trinajstić information content (AvgIpc) is 3.49. The fourth-order valence-corrected chi connectivity index (χ4v) is 5.38. The number of piperidine rings is 1. The minimum absolute atomic E-state index is 0.0248. The lowest BCUT2D eigenvalue weighted by molar-refractivity contribution is 0.101. The van der Waals surface area contributed by atoms with E-state index in [2.05, 4.69) is 20.7 Å². The van der Waals surface area contributed by atoms with Crippen LogP contribution in [0.2, 0.25) is 0 Å². The molecule has 3 aromatic carbocycles. The van der Waals surface area contributed by atoms with Gasteiger partial charge < -0.3 is 29.6 Å². The van der Waals surface area contributed by atoms with E-state index in [1.54, 1.807) is 44.5 Å². The van der Waals surface area contributed by atoms with Crippen LogP contribution < -0.4 is 29.6 Å². The number of hydrogen-bond acceptors (Lipinski definition) is 8. The van der Waals surface area contributed by atoms with E-state index in [0.29, 0.717) is 51.9 Å². The average molecular weight is 630 g/mol. The lowest BCUT2D eigenvalue weighted by Crippen LogP contribution is -2.30. The molecule has 0 atom stereocenters. The summed E-state index contributed by atoms with van der Waals surface area (Å²) in [6, 6.07) is 13.5. The number of carbonyl (C=O) groups is 1. The van der Waals surface area contributed by atoms with Crippen LogP contribution in [0.5, 0.6) is 28.7 Å². The number of aryl methyl sites for hydroxylation is 1. The first-order valence-electron chi connectivity index (χ1n) is 14.8. The summed E-state index contributed by atoms with van der Waals surface area (Å²) < 4.78 is 53.4. The molecule has 46 heavy (non-hydrogen) atoms. The van der Waals surface area contributed by atoms with Gasteiger partial charge in [0.2, 0.25) is 0 Å². The standard InChI is InChI=1S/C34H33F2N5O5/c1-20-14-22(35)4-6-27(20)41-18-32(44-3)33(40-41)34(42)39-23-5-7-29(25(36)15-23)46-28-10-13-38-26-17-31(30(43-2)16-24(26)28)45-19-21-8-11-37-12-9-21/h4-7,10,13-18,21,37H,8-9,11-12,19H2,1-3H3,(H,39,42). The van der Waals surface area contributed by atoms with Gasteiger partial charge in [-0.25, -0.2) is 13.5 Å². The number of benzene rings is 3. The molecule has 0 bridgehead atoms. The minimum atomic E-state index is -0.698. The number of nitrogens with zero attached hydrogens (tertiary/aromatic N) is 3. The number of anilines is 1. The molecular formula is C34H33F2N5O5. The third kappa shape index (κ3) is 6.57. The molecule has 1 saturated heterocycles. The van der Waals surface area contributed by atoms with E-state index in [1.807, 2.05) is 0 Å². The van der Waals surface area contributed by atoms with Gasteiger partial charge >= 0.3 is 0 Å². The zero-order valence-electron chi connectivity index (χ0n) is 25.6. The smallest absolute Gasteiger partial charge is 0.280 e. The van der Waals surface area contributed by atoms with Gasteiger partial charge in [-0.1, -0.05) is 0 Å². The molecule has 6 rings (SSSR count). The molecule has 0 aliphatic carbocycles. The Morgan fingerprint density at radius 1 is 0.957 bits per heavy atom. The van der Waals surface area contributed by atoms with Crippen molar-refractivity contribution in [3.05, 3.63) is 89.9 Å². The predicted molar refractivity (Wildman–Crippen MR) is 169 cm³/mol. The molecule has 1 fully saturated rings. The summed E-state index contributed by atoms with van der Waals surface area (Å²) in [5, 5.41) is 10.9. The lowest BCUT2D eigenvalue weighted by Gasteiger charge is -2.23. The van der Waals surface area contributed by atoms with E-state index < -0.39 is 11.7 Å². The number of fused-ring (bicyclic) bond motifs is 1. The maximum absolute atomic E-state index is 15.3. The van der Waals surface area contributed by atoms with Gasteiger partial charge in [0, 0.05) is 29.4 Å². The van der Waals surface area contributed by atoms with Crippen LogP contribution in [0.25, 0.3) is 16.6 Å². The molecule has 0 radical (unpaired) electrons. The number of halogens is 2. The minimum Gasteiger partial charge on any atom is -0.493 e. The Kier molecular flexibility index (Phi) is 8.97. The molecule has 1 aliphatic heterocycles. The molecule has 0 saturated carbocycles. The van der Waals surface area contributed by atoms with Gasteiger partial charge in [-0.05, 0) is 86.8 Å². The van der Waals surface area contributed by atoms with Crippen LogP contribution in [-0.4, -0.2) is 54.6 Å². The van der Waals surface area contributed by atoms with E-state index in [1.165, 1.54) is 42.3 Å². The number of nitrogens with one attached hydrogen (secondary N) is 2. The van der Waals surface area contributed by atoms with Crippen LogP contribution in [0.1, 0.15) is 28.9 Å². The van der Waals surface area contributed by atoms with E-state index in [0.717, 1.165) is 32.0 Å². The van der Waals surface area contributed by atoms with Gasteiger partial charge in [-0.3, -0.25) is 9.78 Å². The summed E-state index contributed by atoms with van der Waals surface area (Å²) in [6.07, 6.45) is 5.20. The van der Waals surface area contributed by atoms with Crippen molar-refractivity contribution in [1.29, 1.82) is 0 Å². The van der Waals surface area contributed by atoms with Gasteiger partial charge in [0.25, 0.3) is 5.91 Å². The molecule has 0 unspecified atom stereocenters. The van der Waals surface area contributed by atoms with Crippen LogP contribution in [-0.2, 0) is 0 Å². The molecule has 238 valence electrons. The molecule has 3 heterocycles. The number of hydrogen-bond donors (Lipinski definition) is 2. The Morgan fingerprint density at radius 2 is 1.76 bits per heavy atom. The number of methoxy groups -OCH3 is 2. The van der Waals surface area contributed by atoms with Crippen molar-refractivity contribution in [3.63, 3.8) is 0 Å². The number of rotatable bonds is 10. The van der Waals surface area contributed by atoms with Crippen LogP contribution >= 0.6 is 0 Å². The fourth-order valence-electron chi connectivity index (χ4n) is 5.38. The Balaban J connectivity index is 1.18. The van der Waals surface area contributed by atoms with E-state index in [4.69, 9.17) is 18.9 Å². The number of pyridine rings is 1. The molecule has 2 N–H and O–H groups in total. The van der Waals surface area contributed by atoms with Crippen molar-refractivity contribution in [2.45, 2.75) is 19.8 Å².